The summed E-state index contributed by atoms with van der Waals surface area (Å²) < 4.78 is 11.9. The summed E-state index contributed by atoms with van der Waals surface area (Å²) in [6, 6.07) is 12.8. The van der Waals surface area contributed by atoms with E-state index < -0.39 is 17.0 Å². The summed E-state index contributed by atoms with van der Waals surface area (Å²) in [5.41, 5.74) is 0.299. The van der Waals surface area contributed by atoms with Crippen molar-refractivity contribution in [3.8, 4) is 5.75 Å². The van der Waals surface area contributed by atoms with Crippen LogP contribution in [0, 0.1) is 5.92 Å². The van der Waals surface area contributed by atoms with Crippen molar-refractivity contribution in [2.24, 2.45) is 5.92 Å². The summed E-state index contributed by atoms with van der Waals surface area (Å²) in [4.78, 5) is 42.9. The number of likely N-dealkylation sites (tertiary alicyclic amines) is 1. The molecule has 3 atom stereocenters. The summed E-state index contributed by atoms with van der Waals surface area (Å²) in [5.74, 6) is -0.0320. The summed E-state index contributed by atoms with van der Waals surface area (Å²) in [6.07, 6.45) is 4.64. The molecule has 1 heterocycles. The third kappa shape index (κ3) is 7.44. The van der Waals surface area contributed by atoms with Gasteiger partial charge in [-0.2, -0.15) is 0 Å². The van der Waals surface area contributed by atoms with Gasteiger partial charge in [-0.3, -0.25) is 19.3 Å². The first kappa shape index (κ1) is 33.0. The molecule has 43 heavy (non-hydrogen) atoms. The molecule has 2 fully saturated rings. The Morgan fingerprint density at radius 1 is 1.09 bits per heavy atom. The number of nitrogens with zero attached hydrogens (tertiary/aromatic N) is 2. The minimum absolute atomic E-state index is 0.0185. The number of benzene rings is 2. The highest BCUT2D eigenvalue weighted by Crippen LogP contribution is 2.55. The lowest BCUT2D eigenvalue weighted by atomic mass is 9.54. The van der Waals surface area contributed by atoms with Gasteiger partial charge in [-0.05, 0) is 73.5 Å². The van der Waals surface area contributed by atoms with Gasteiger partial charge in [0.15, 0.2) is 0 Å². The van der Waals surface area contributed by atoms with Crippen molar-refractivity contribution < 1.29 is 23.9 Å². The fourth-order valence-electron chi connectivity index (χ4n) is 7.06. The molecule has 2 aromatic carbocycles. The molecule has 4 rings (SSSR count). The van der Waals surface area contributed by atoms with Gasteiger partial charge in [-0.15, -0.1) is 6.58 Å². The topological polar surface area (TPSA) is 76.2 Å². The molecular formula is C34H42Cl2N2O5. The van der Waals surface area contributed by atoms with Crippen LogP contribution in [0.5, 0.6) is 5.75 Å². The number of fused-ring (bicyclic) bond motifs is 1. The van der Waals surface area contributed by atoms with Gasteiger partial charge < -0.3 is 14.4 Å². The monoisotopic (exact) mass is 628 g/mol. The van der Waals surface area contributed by atoms with Crippen LogP contribution in [0.4, 0.5) is 0 Å². The Morgan fingerprint density at radius 3 is 2.51 bits per heavy atom. The third-order valence-electron chi connectivity index (χ3n) is 8.71. The van der Waals surface area contributed by atoms with E-state index in [1.165, 1.54) is 13.8 Å². The average molecular weight is 630 g/mol. The number of rotatable bonds is 10. The van der Waals surface area contributed by atoms with Crippen LogP contribution in [0.2, 0.25) is 10.0 Å². The Hall–Kier alpha value is -2.87. The number of halogens is 2. The van der Waals surface area contributed by atoms with Gasteiger partial charge in [0.2, 0.25) is 5.91 Å². The predicted molar refractivity (Wildman–Crippen MR) is 170 cm³/mol. The summed E-state index contributed by atoms with van der Waals surface area (Å²) in [6.45, 7) is 13.6. The van der Waals surface area contributed by atoms with Gasteiger partial charge >= 0.3 is 11.9 Å². The Bertz CT molecular complexity index is 1360. The zero-order chi connectivity index (χ0) is 31.4. The van der Waals surface area contributed by atoms with Crippen LogP contribution >= 0.6 is 23.2 Å². The fourth-order valence-corrected chi connectivity index (χ4v) is 7.38. The van der Waals surface area contributed by atoms with Crippen LogP contribution in [-0.2, 0) is 31.0 Å². The maximum atomic E-state index is 14.0. The van der Waals surface area contributed by atoms with E-state index in [-0.39, 0.29) is 30.3 Å². The van der Waals surface area contributed by atoms with E-state index in [0.29, 0.717) is 61.1 Å². The van der Waals surface area contributed by atoms with Crippen molar-refractivity contribution >= 4 is 41.0 Å². The molecule has 1 saturated carbocycles. The molecule has 0 aromatic heterocycles. The lowest BCUT2D eigenvalue weighted by Crippen LogP contribution is -2.69. The van der Waals surface area contributed by atoms with Gasteiger partial charge in [0.1, 0.15) is 11.4 Å². The second kappa shape index (κ2) is 13.8. The molecule has 1 amide bonds. The second-order valence-corrected chi connectivity index (χ2v) is 13.1. The molecule has 0 N–H and O–H groups in total. The van der Waals surface area contributed by atoms with Crippen molar-refractivity contribution in [3.05, 3.63) is 76.3 Å². The first-order chi connectivity index (χ1) is 20.4. The summed E-state index contributed by atoms with van der Waals surface area (Å²) in [7, 11) is 0. The SMILES string of the molecule is C=CCN1CCC2(c3cccc(OC(C)=O)c3)CC(N(CC(C)C)C(=O)Cc3ccc(Cl)c(Cl)c3)CCC2(OC(C)=O)C1. The standard InChI is InChI=1S/C34H42Cl2N2O5/c1-6-15-37-16-14-33(27-8-7-9-29(19-27)42-24(4)39)20-28(12-13-34(33,22-37)43-25(5)40)38(21-23(2)3)32(41)18-26-10-11-30(35)31(36)17-26/h6-11,17,19,23,28H,1,12-16,18,20-22H2,2-5H3. The quantitative estimate of drug-likeness (QED) is 0.167. The molecule has 1 saturated heterocycles. The molecule has 1 aliphatic carbocycles. The Kier molecular flexibility index (Phi) is 10.6. The molecule has 2 aliphatic rings. The molecule has 0 spiro atoms. The average Bonchev–Trinajstić information content (AvgIpc) is 2.93. The molecule has 0 radical (unpaired) electrons. The zero-order valence-electron chi connectivity index (χ0n) is 25.5. The van der Waals surface area contributed by atoms with Crippen molar-refractivity contribution in [3.63, 3.8) is 0 Å². The molecule has 3 unspecified atom stereocenters. The van der Waals surface area contributed by atoms with Crippen molar-refractivity contribution in [1.29, 1.82) is 0 Å². The number of hydrogen-bond acceptors (Lipinski definition) is 6. The largest absolute Gasteiger partial charge is 0.457 e. The van der Waals surface area contributed by atoms with E-state index in [2.05, 4.69) is 25.3 Å². The normalized spacial score (nSPS) is 23.7. The number of amides is 1. The first-order valence-electron chi connectivity index (χ1n) is 14.9. The summed E-state index contributed by atoms with van der Waals surface area (Å²) >= 11 is 12.4. The van der Waals surface area contributed by atoms with Gasteiger partial charge in [0, 0.05) is 44.9 Å². The number of esters is 2. The molecule has 2 aromatic rings. The Morgan fingerprint density at radius 2 is 1.86 bits per heavy atom. The van der Waals surface area contributed by atoms with Crippen LogP contribution in [0.15, 0.2) is 55.1 Å². The van der Waals surface area contributed by atoms with E-state index in [0.717, 1.165) is 17.7 Å². The Labute approximate surface area is 265 Å². The lowest BCUT2D eigenvalue weighted by molar-refractivity contribution is -0.190. The highest BCUT2D eigenvalue weighted by atomic mass is 35.5. The smallest absolute Gasteiger partial charge is 0.308 e. The maximum absolute atomic E-state index is 14.0. The molecule has 0 bridgehead atoms. The number of ether oxygens (including phenoxy) is 2. The van der Waals surface area contributed by atoms with E-state index in [1.807, 2.05) is 35.2 Å². The highest BCUT2D eigenvalue weighted by molar-refractivity contribution is 6.42. The molecule has 1 aliphatic heterocycles. The number of hydrogen-bond donors (Lipinski definition) is 0. The van der Waals surface area contributed by atoms with Gasteiger partial charge in [-0.1, -0.05) is 61.3 Å². The van der Waals surface area contributed by atoms with Crippen LogP contribution < -0.4 is 4.74 Å². The molecule has 232 valence electrons. The minimum Gasteiger partial charge on any atom is -0.457 e. The molecule has 9 heteroatoms. The summed E-state index contributed by atoms with van der Waals surface area (Å²) in [5, 5.41) is 0.871. The van der Waals surface area contributed by atoms with Gasteiger partial charge in [-0.25, -0.2) is 0 Å². The first-order valence-corrected chi connectivity index (χ1v) is 15.7. The van der Waals surface area contributed by atoms with Crippen LogP contribution in [0.3, 0.4) is 0 Å². The minimum atomic E-state index is -0.832. The molecule has 7 nitrogen and oxygen atoms in total. The zero-order valence-corrected chi connectivity index (χ0v) is 27.0. The second-order valence-electron chi connectivity index (χ2n) is 12.3. The van der Waals surface area contributed by atoms with E-state index in [9.17, 15) is 14.4 Å². The number of carbonyl (C=O) groups excluding carboxylic acids is 3. The number of piperidine rings is 1. The third-order valence-corrected chi connectivity index (χ3v) is 9.45. The van der Waals surface area contributed by atoms with Gasteiger partial charge in [0.05, 0.1) is 16.5 Å². The van der Waals surface area contributed by atoms with Crippen LogP contribution in [0.25, 0.3) is 0 Å². The lowest BCUT2D eigenvalue weighted by Gasteiger charge is -2.60. The van der Waals surface area contributed by atoms with Crippen molar-refractivity contribution in [2.45, 2.75) is 76.9 Å². The highest BCUT2D eigenvalue weighted by Gasteiger charge is 2.61. The van der Waals surface area contributed by atoms with Crippen LogP contribution in [0.1, 0.15) is 64.5 Å². The fraction of sp³-hybridized carbons (Fsp3) is 0.500. The van der Waals surface area contributed by atoms with Crippen molar-refractivity contribution in [1.82, 2.24) is 9.80 Å². The van der Waals surface area contributed by atoms with E-state index in [1.54, 1.807) is 18.2 Å². The van der Waals surface area contributed by atoms with Gasteiger partial charge in [0.25, 0.3) is 0 Å². The van der Waals surface area contributed by atoms with Crippen LogP contribution in [-0.4, -0.2) is 65.5 Å². The predicted octanol–water partition coefficient (Wildman–Crippen LogP) is 6.63. The van der Waals surface area contributed by atoms with Crippen molar-refractivity contribution in [2.75, 3.05) is 26.2 Å². The Balaban J connectivity index is 1.78. The number of carbonyl (C=O) groups is 3. The van der Waals surface area contributed by atoms with E-state index >= 15 is 0 Å². The van der Waals surface area contributed by atoms with E-state index in [4.69, 9.17) is 32.7 Å². The maximum Gasteiger partial charge on any atom is 0.308 e. The molecular weight excluding hydrogens is 587 g/mol.